The molecular weight excluding hydrogens is 378 g/mol. The third kappa shape index (κ3) is 5.34. The van der Waals surface area contributed by atoms with Gasteiger partial charge in [0.15, 0.2) is 0 Å². The molecule has 0 aromatic heterocycles. The topological polar surface area (TPSA) is 95.6 Å². The molecule has 152 valence electrons. The van der Waals surface area contributed by atoms with Crippen LogP contribution in [0.15, 0.2) is 30.3 Å². The van der Waals surface area contributed by atoms with Gasteiger partial charge >= 0.3 is 0 Å². The summed E-state index contributed by atoms with van der Waals surface area (Å²) in [4.78, 5) is 23.8. The van der Waals surface area contributed by atoms with E-state index in [0.717, 1.165) is 31.2 Å². The quantitative estimate of drug-likeness (QED) is 0.533. The van der Waals surface area contributed by atoms with Crippen molar-refractivity contribution in [1.29, 1.82) is 0 Å². The molecule has 1 saturated heterocycles. The Hall–Kier alpha value is -2.35. The van der Waals surface area contributed by atoms with Gasteiger partial charge in [0, 0.05) is 31.6 Å². The number of benzene rings is 1. The highest BCUT2D eigenvalue weighted by molar-refractivity contribution is 7.93. The Bertz CT molecular complexity index is 828. The van der Waals surface area contributed by atoms with Crippen LogP contribution in [-0.2, 0) is 19.6 Å². The molecule has 28 heavy (non-hydrogen) atoms. The Morgan fingerprint density at radius 1 is 1.04 bits per heavy atom. The first kappa shape index (κ1) is 20.4. The maximum absolute atomic E-state index is 11.9. The van der Waals surface area contributed by atoms with Crippen LogP contribution < -0.4 is 14.9 Å². The highest BCUT2D eigenvalue weighted by Crippen LogP contribution is 2.25. The molecule has 0 unspecified atom stereocenters. The Morgan fingerprint density at radius 3 is 2.36 bits per heavy atom. The first-order valence-electron chi connectivity index (χ1n) is 9.80. The third-order valence-electron chi connectivity index (χ3n) is 5.16. The van der Waals surface area contributed by atoms with Gasteiger partial charge in [-0.3, -0.25) is 13.9 Å². The molecule has 1 aromatic carbocycles. The third-order valence-corrected chi connectivity index (χ3v) is 7.03. The van der Waals surface area contributed by atoms with Crippen LogP contribution in [0.5, 0.6) is 0 Å². The molecule has 2 fully saturated rings. The molecule has 7 nitrogen and oxygen atoms in total. The number of nitrogens with zero attached hydrogens (tertiary/aromatic N) is 1. The number of anilines is 1. The summed E-state index contributed by atoms with van der Waals surface area (Å²) < 4.78 is 25.3. The number of sulfonamides is 1. The van der Waals surface area contributed by atoms with Gasteiger partial charge in [0.2, 0.25) is 21.8 Å². The highest BCUT2D eigenvalue weighted by atomic mass is 32.2. The van der Waals surface area contributed by atoms with Crippen LogP contribution in [0.2, 0.25) is 0 Å². The van der Waals surface area contributed by atoms with Crippen LogP contribution in [0.4, 0.5) is 5.69 Å². The smallest absolute Gasteiger partial charge is 0.244 e. The van der Waals surface area contributed by atoms with Crippen molar-refractivity contribution >= 4 is 33.6 Å². The average molecular weight is 406 g/mol. The maximum Gasteiger partial charge on any atom is 0.244 e. The Labute approximate surface area is 166 Å². The minimum Gasteiger partial charge on any atom is -0.354 e. The van der Waals surface area contributed by atoms with Gasteiger partial charge in [-0.25, -0.2) is 8.42 Å². The van der Waals surface area contributed by atoms with E-state index in [0.29, 0.717) is 31.7 Å². The molecule has 2 amide bonds. The molecule has 1 aromatic rings. The Morgan fingerprint density at radius 2 is 1.71 bits per heavy atom. The predicted octanol–water partition coefficient (Wildman–Crippen LogP) is 1.66. The summed E-state index contributed by atoms with van der Waals surface area (Å²) in [6.07, 6.45) is 7.91. The number of carbonyl (C=O) groups excluding carboxylic acids is 2. The maximum atomic E-state index is 11.9. The van der Waals surface area contributed by atoms with Crippen LogP contribution in [0.3, 0.4) is 0 Å². The zero-order valence-corrected chi connectivity index (χ0v) is 16.7. The van der Waals surface area contributed by atoms with Crippen molar-refractivity contribution in [3.05, 3.63) is 35.9 Å². The second-order valence-electron chi connectivity index (χ2n) is 7.23. The van der Waals surface area contributed by atoms with E-state index >= 15 is 0 Å². The molecule has 2 N–H and O–H groups in total. The van der Waals surface area contributed by atoms with Gasteiger partial charge in [-0.1, -0.05) is 25.0 Å². The van der Waals surface area contributed by atoms with E-state index in [4.69, 9.17) is 0 Å². The average Bonchev–Trinajstić information content (AvgIpc) is 3.33. The predicted molar refractivity (Wildman–Crippen MR) is 109 cm³/mol. The number of nitrogens with one attached hydrogen (secondary N) is 2. The van der Waals surface area contributed by atoms with E-state index in [1.165, 1.54) is 10.4 Å². The molecule has 0 radical (unpaired) electrons. The SMILES string of the molecule is O=C(/C=C/c1ccc(N2CCCS2(=O)=O)cc1)NCCNC(=O)C1CCCC1. The van der Waals surface area contributed by atoms with Crippen LogP contribution in [-0.4, -0.2) is 45.6 Å². The van der Waals surface area contributed by atoms with Crippen molar-refractivity contribution in [3.8, 4) is 0 Å². The van der Waals surface area contributed by atoms with Crippen LogP contribution in [0, 0.1) is 5.92 Å². The summed E-state index contributed by atoms with van der Waals surface area (Å²) in [7, 11) is -3.18. The monoisotopic (exact) mass is 405 g/mol. The minimum atomic E-state index is -3.18. The Kier molecular flexibility index (Phi) is 6.72. The summed E-state index contributed by atoms with van der Waals surface area (Å²) in [5, 5.41) is 5.60. The molecule has 0 bridgehead atoms. The van der Waals surface area contributed by atoms with Crippen molar-refractivity contribution in [2.24, 2.45) is 5.92 Å². The number of rotatable bonds is 7. The van der Waals surface area contributed by atoms with Crippen molar-refractivity contribution < 1.29 is 18.0 Å². The summed E-state index contributed by atoms with van der Waals surface area (Å²) in [5.74, 6) is 0.175. The summed E-state index contributed by atoms with van der Waals surface area (Å²) >= 11 is 0. The highest BCUT2D eigenvalue weighted by Gasteiger charge is 2.28. The minimum absolute atomic E-state index is 0.0856. The van der Waals surface area contributed by atoms with Crippen LogP contribution in [0.25, 0.3) is 6.08 Å². The van der Waals surface area contributed by atoms with E-state index in [2.05, 4.69) is 10.6 Å². The van der Waals surface area contributed by atoms with E-state index in [-0.39, 0.29) is 23.5 Å². The van der Waals surface area contributed by atoms with Gasteiger partial charge in [-0.15, -0.1) is 0 Å². The van der Waals surface area contributed by atoms with Gasteiger partial charge in [0.25, 0.3) is 0 Å². The first-order chi connectivity index (χ1) is 13.5. The largest absolute Gasteiger partial charge is 0.354 e. The molecular formula is C20H27N3O4S. The molecule has 0 atom stereocenters. The standard InChI is InChI=1S/C20H27N3O4S/c24-19(21-12-13-22-20(25)17-4-1-2-5-17)11-8-16-6-9-18(10-7-16)23-14-3-15-28(23,26)27/h6-11,17H,1-5,12-15H2,(H,21,24)(H,22,25)/b11-8+. The van der Waals surface area contributed by atoms with Gasteiger partial charge in [-0.2, -0.15) is 0 Å². The lowest BCUT2D eigenvalue weighted by Gasteiger charge is -2.16. The lowest BCUT2D eigenvalue weighted by molar-refractivity contribution is -0.125. The first-order valence-corrected chi connectivity index (χ1v) is 11.4. The molecule has 1 heterocycles. The van der Waals surface area contributed by atoms with Crippen molar-refractivity contribution in [3.63, 3.8) is 0 Å². The van der Waals surface area contributed by atoms with E-state index < -0.39 is 10.0 Å². The molecule has 8 heteroatoms. The van der Waals surface area contributed by atoms with Crippen molar-refractivity contribution in [1.82, 2.24) is 10.6 Å². The zero-order chi connectivity index (χ0) is 20.0. The number of hydrogen-bond acceptors (Lipinski definition) is 4. The normalized spacial score (nSPS) is 19.2. The van der Waals surface area contributed by atoms with Crippen molar-refractivity contribution in [2.45, 2.75) is 32.1 Å². The molecule has 3 rings (SSSR count). The van der Waals surface area contributed by atoms with Gasteiger partial charge in [0.05, 0.1) is 11.4 Å². The summed E-state index contributed by atoms with van der Waals surface area (Å²) in [5.41, 5.74) is 1.46. The summed E-state index contributed by atoms with van der Waals surface area (Å²) in [6, 6.07) is 7.07. The molecule has 1 aliphatic heterocycles. The van der Waals surface area contributed by atoms with Crippen LogP contribution >= 0.6 is 0 Å². The van der Waals surface area contributed by atoms with Gasteiger partial charge in [-0.05, 0) is 43.0 Å². The fraction of sp³-hybridized carbons (Fsp3) is 0.500. The van der Waals surface area contributed by atoms with E-state index in [1.807, 2.05) is 0 Å². The lowest BCUT2D eigenvalue weighted by atomic mass is 10.1. The fourth-order valence-corrected chi connectivity index (χ4v) is 5.18. The van der Waals surface area contributed by atoms with Crippen LogP contribution in [0.1, 0.15) is 37.7 Å². The van der Waals surface area contributed by atoms with E-state index in [9.17, 15) is 18.0 Å². The number of carbonyl (C=O) groups is 2. The molecule has 1 aliphatic carbocycles. The second-order valence-corrected chi connectivity index (χ2v) is 9.24. The zero-order valence-electron chi connectivity index (χ0n) is 15.9. The molecule has 0 spiro atoms. The molecule has 2 aliphatic rings. The lowest BCUT2D eigenvalue weighted by Crippen LogP contribution is -2.36. The fourth-order valence-electron chi connectivity index (χ4n) is 3.62. The molecule has 1 saturated carbocycles. The Balaban J connectivity index is 1.41. The number of hydrogen-bond donors (Lipinski definition) is 2. The van der Waals surface area contributed by atoms with E-state index in [1.54, 1.807) is 30.3 Å². The van der Waals surface area contributed by atoms with Gasteiger partial charge in [0.1, 0.15) is 0 Å². The van der Waals surface area contributed by atoms with Gasteiger partial charge < -0.3 is 10.6 Å². The number of amides is 2. The summed E-state index contributed by atoms with van der Waals surface area (Å²) in [6.45, 7) is 1.32. The van der Waals surface area contributed by atoms with Crippen molar-refractivity contribution in [2.75, 3.05) is 29.7 Å². The second kappa shape index (κ2) is 9.23.